The summed E-state index contributed by atoms with van der Waals surface area (Å²) in [5.41, 5.74) is 2.56. The number of hydroxylamine groups is 2. The second-order valence-corrected chi connectivity index (χ2v) is 9.43. The Morgan fingerprint density at radius 3 is 2.12 bits per heavy atom. The molecule has 1 heterocycles. The largest absolute Gasteiger partial charge is 0.290 e. The quantitative estimate of drug-likeness (QED) is 0.537. The Hall–Kier alpha value is -1.16. The number of hydrogen-bond acceptors (Lipinski definition) is 2. The zero-order chi connectivity index (χ0) is 18.8. The van der Waals surface area contributed by atoms with Gasteiger partial charge in [0.1, 0.15) is 6.10 Å². The van der Waals surface area contributed by atoms with Crippen molar-refractivity contribution in [3.8, 4) is 0 Å². The molecule has 3 heteroatoms. The van der Waals surface area contributed by atoms with E-state index in [4.69, 9.17) is 4.84 Å². The number of nitrogens with zero attached hydrogens (tertiary/aromatic N) is 1. The molecule has 1 aliphatic heterocycles. The maximum absolute atomic E-state index is 6.78. The second-order valence-electron chi connectivity index (χ2n) is 8.57. The molecule has 0 N–H and O–H groups in total. The molecule has 26 heavy (non-hydrogen) atoms. The van der Waals surface area contributed by atoms with Gasteiger partial charge in [-0.2, -0.15) is 5.06 Å². The Bertz CT molecular complexity index is 710. The van der Waals surface area contributed by atoms with E-state index in [1.54, 1.807) is 0 Å². The van der Waals surface area contributed by atoms with Crippen LogP contribution >= 0.6 is 15.9 Å². The lowest BCUT2D eigenvalue weighted by atomic mass is 9.82. The highest BCUT2D eigenvalue weighted by atomic mass is 79.9. The van der Waals surface area contributed by atoms with Gasteiger partial charge in [0.15, 0.2) is 0 Å². The van der Waals surface area contributed by atoms with Gasteiger partial charge in [-0.15, -0.1) is 0 Å². The van der Waals surface area contributed by atoms with E-state index < -0.39 is 0 Å². The average molecular weight is 416 g/mol. The summed E-state index contributed by atoms with van der Waals surface area (Å²) < 4.78 is 1.14. The normalized spacial score (nSPS) is 20.7. The Balaban J connectivity index is 1.92. The van der Waals surface area contributed by atoms with E-state index in [0.717, 1.165) is 23.7 Å². The van der Waals surface area contributed by atoms with Crippen molar-refractivity contribution >= 4 is 15.9 Å². The minimum Gasteiger partial charge on any atom is -0.290 e. The highest BCUT2D eigenvalue weighted by Crippen LogP contribution is 2.41. The number of hydrogen-bond donors (Lipinski definition) is 0. The Kier molecular flexibility index (Phi) is 5.91. The first-order valence-corrected chi connectivity index (χ1v) is 10.3. The third-order valence-corrected chi connectivity index (χ3v) is 6.22. The van der Waals surface area contributed by atoms with E-state index in [0.29, 0.717) is 0 Å². The Morgan fingerprint density at radius 2 is 1.50 bits per heavy atom. The van der Waals surface area contributed by atoms with Crippen molar-refractivity contribution in [3.05, 3.63) is 70.2 Å². The molecule has 140 valence electrons. The number of rotatable bonds is 5. The van der Waals surface area contributed by atoms with E-state index in [-0.39, 0.29) is 17.2 Å². The number of benzene rings is 2. The molecule has 2 aromatic carbocycles. The minimum absolute atomic E-state index is 0.00782. The van der Waals surface area contributed by atoms with Crippen LogP contribution < -0.4 is 0 Å². The van der Waals surface area contributed by atoms with Crippen molar-refractivity contribution in [3.63, 3.8) is 0 Å². The van der Waals surface area contributed by atoms with Gasteiger partial charge in [0, 0.05) is 22.0 Å². The molecule has 0 spiro atoms. The molecule has 0 aromatic heterocycles. The summed E-state index contributed by atoms with van der Waals surface area (Å²) in [4.78, 5) is 6.78. The van der Waals surface area contributed by atoms with Gasteiger partial charge in [-0.05, 0) is 64.2 Å². The molecule has 0 saturated carbocycles. The van der Waals surface area contributed by atoms with Crippen molar-refractivity contribution in [1.29, 1.82) is 0 Å². The van der Waals surface area contributed by atoms with E-state index in [9.17, 15) is 0 Å². The highest BCUT2D eigenvalue weighted by molar-refractivity contribution is 9.10. The van der Waals surface area contributed by atoms with Gasteiger partial charge in [0.25, 0.3) is 0 Å². The molecule has 1 fully saturated rings. The van der Waals surface area contributed by atoms with Crippen LogP contribution in [0.1, 0.15) is 64.2 Å². The molecular formula is C23H30BrNO. The fourth-order valence-electron chi connectivity index (χ4n) is 4.14. The molecule has 2 aromatic rings. The van der Waals surface area contributed by atoms with Gasteiger partial charge in [0.05, 0.1) is 0 Å². The molecule has 0 amide bonds. The predicted octanol–water partition coefficient (Wildman–Crippen LogP) is 6.71. The lowest BCUT2D eigenvalue weighted by Gasteiger charge is -2.52. The van der Waals surface area contributed by atoms with Crippen molar-refractivity contribution in [2.45, 2.75) is 70.6 Å². The van der Waals surface area contributed by atoms with Crippen LogP contribution in [0, 0.1) is 0 Å². The first-order chi connectivity index (χ1) is 12.3. The van der Waals surface area contributed by atoms with Crippen molar-refractivity contribution in [2.75, 3.05) is 0 Å². The zero-order valence-corrected chi connectivity index (χ0v) is 17.9. The lowest BCUT2D eigenvalue weighted by Crippen LogP contribution is -2.58. The van der Waals surface area contributed by atoms with Crippen LogP contribution in [-0.4, -0.2) is 16.1 Å². The van der Waals surface area contributed by atoms with Crippen LogP contribution in [0.3, 0.4) is 0 Å². The summed E-state index contributed by atoms with van der Waals surface area (Å²) in [5.74, 6) is 0. The first kappa shape index (κ1) is 19.6. The maximum atomic E-state index is 6.78. The molecule has 2 nitrogen and oxygen atoms in total. The van der Waals surface area contributed by atoms with Gasteiger partial charge in [0.2, 0.25) is 0 Å². The summed E-state index contributed by atoms with van der Waals surface area (Å²) in [6.45, 7) is 9.20. The number of piperidine rings is 1. The Labute approximate surface area is 166 Å². The molecule has 0 radical (unpaired) electrons. The topological polar surface area (TPSA) is 12.5 Å². The van der Waals surface area contributed by atoms with Crippen LogP contribution in [0.25, 0.3) is 0 Å². The van der Waals surface area contributed by atoms with E-state index in [1.807, 2.05) is 0 Å². The van der Waals surface area contributed by atoms with E-state index in [2.05, 4.69) is 103 Å². The SMILES string of the molecule is CC1(C)CCCC(C)(C)N1OC(Cc1ccccc1Br)c1ccccc1. The predicted molar refractivity (Wildman–Crippen MR) is 112 cm³/mol. The monoisotopic (exact) mass is 415 g/mol. The maximum Gasteiger partial charge on any atom is 0.108 e. The molecule has 1 saturated heterocycles. The summed E-state index contributed by atoms with van der Waals surface area (Å²) in [6, 6.07) is 19.0. The molecule has 1 aliphatic rings. The molecule has 1 unspecified atom stereocenters. The van der Waals surface area contributed by atoms with Crippen LogP contribution in [0.4, 0.5) is 0 Å². The van der Waals surface area contributed by atoms with E-state index >= 15 is 0 Å². The average Bonchev–Trinajstić information content (AvgIpc) is 2.59. The fourth-order valence-corrected chi connectivity index (χ4v) is 4.58. The molecule has 0 bridgehead atoms. The van der Waals surface area contributed by atoms with Crippen molar-refractivity contribution in [1.82, 2.24) is 5.06 Å². The van der Waals surface area contributed by atoms with Gasteiger partial charge < -0.3 is 0 Å². The Morgan fingerprint density at radius 1 is 0.923 bits per heavy atom. The van der Waals surface area contributed by atoms with Gasteiger partial charge in [-0.1, -0.05) is 64.5 Å². The first-order valence-electron chi connectivity index (χ1n) is 9.55. The lowest BCUT2D eigenvalue weighted by molar-refractivity contribution is -0.307. The van der Waals surface area contributed by atoms with Crippen molar-refractivity contribution in [2.24, 2.45) is 0 Å². The molecule has 3 rings (SSSR count). The van der Waals surface area contributed by atoms with Crippen LogP contribution in [0.2, 0.25) is 0 Å². The van der Waals surface area contributed by atoms with Crippen LogP contribution in [-0.2, 0) is 11.3 Å². The fraction of sp³-hybridized carbons (Fsp3) is 0.478. The van der Waals surface area contributed by atoms with Crippen LogP contribution in [0.15, 0.2) is 59.1 Å². The minimum atomic E-state index is -0.00782. The molecular weight excluding hydrogens is 386 g/mol. The number of halogens is 1. The third-order valence-electron chi connectivity index (χ3n) is 5.44. The summed E-state index contributed by atoms with van der Waals surface area (Å²) in [7, 11) is 0. The summed E-state index contributed by atoms with van der Waals surface area (Å²) in [5, 5.41) is 2.28. The third kappa shape index (κ3) is 4.39. The summed E-state index contributed by atoms with van der Waals surface area (Å²) in [6.07, 6.45) is 4.40. The van der Waals surface area contributed by atoms with Crippen molar-refractivity contribution < 1.29 is 4.84 Å². The van der Waals surface area contributed by atoms with E-state index in [1.165, 1.54) is 17.5 Å². The molecule has 1 atom stereocenters. The van der Waals surface area contributed by atoms with Gasteiger partial charge in [-0.25, -0.2) is 0 Å². The second kappa shape index (κ2) is 7.84. The van der Waals surface area contributed by atoms with Gasteiger partial charge >= 0.3 is 0 Å². The smallest absolute Gasteiger partial charge is 0.108 e. The van der Waals surface area contributed by atoms with Crippen LogP contribution in [0.5, 0.6) is 0 Å². The highest BCUT2D eigenvalue weighted by Gasteiger charge is 2.43. The van der Waals surface area contributed by atoms with Gasteiger partial charge in [-0.3, -0.25) is 4.84 Å². The standard InChI is InChI=1S/C23H30BrNO/c1-22(2)15-10-16-23(3,4)25(22)26-21(18-11-6-5-7-12-18)17-19-13-8-9-14-20(19)24/h5-9,11-14,21H,10,15-17H2,1-4H3. The summed E-state index contributed by atoms with van der Waals surface area (Å²) >= 11 is 3.70. The zero-order valence-electron chi connectivity index (χ0n) is 16.3. The molecule has 0 aliphatic carbocycles.